The van der Waals surface area contributed by atoms with Gasteiger partial charge in [-0.1, -0.05) is 24.3 Å². The molecule has 0 fully saturated rings. The second-order valence-electron chi connectivity index (χ2n) is 4.27. The number of hydrazine groups is 1. The molecule has 0 heterocycles. The molecule has 0 spiro atoms. The van der Waals surface area contributed by atoms with Crippen molar-refractivity contribution < 1.29 is 17.6 Å². The lowest BCUT2D eigenvalue weighted by Gasteiger charge is -2.17. The fourth-order valence-electron chi connectivity index (χ4n) is 1.90. The van der Waals surface area contributed by atoms with Crippen molar-refractivity contribution in [2.24, 2.45) is 5.84 Å². The monoisotopic (exact) mass is 284 g/mol. The molecule has 0 aliphatic heterocycles. The van der Waals surface area contributed by atoms with Gasteiger partial charge in [0.05, 0.1) is 11.6 Å². The van der Waals surface area contributed by atoms with E-state index in [2.05, 4.69) is 5.43 Å². The molecule has 0 bridgehead atoms. The summed E-state index contributed by atoms with van der Waals surface area (Å²) >= 11 is 0. The number of hydrogen-bond donors (Lipinski definition) is 2. The van der Waals surface area contributed by atoms with Crippen LogP contribution in [0.5, 0.6) is 0 Å². The van der Waals surface area contributed by atoms with E-state index in [1.165, 1.54) is 36.4 Å². The molecular weight excluding hydrogens is 272 g/mol. The van der Waals surface area contributed by atoms with E-state index < -0.39 is 23.6 Å². The fourth-order valence-corrected chi connectivity index (χ4v) is 1.90. The number of alkyl halides is 3. The molecular formula is C14H12F4N2. The quantitative estimate of drug-likeness (QED) is 0.515. The third-order valence-corrected chi connectivity index (χ3v) is 2.94. The lowest BCUT2D eigenvalue weighted by Crippen LogP contribution is -2.28. The van der Waals surface area contributed by atoms with E-state index in [9.17, 15) is 17.6 Å². The van der Waals surface area contributed by atoms with Crippen LogP contribution < -0.4 is 11.3 Å². The van der Waals surface area contributed by atoms with Gasteiger partial charge >= 0.3 is 6.18 Å². The van der Waals surface area contributed by atoms with Crippen LogP contribution in [0.3, 0.4) is 0 Å². The smallest absolute Gasteiger partial charge is 0.271 e. The maximum absolute atomic E-state index is 12.9. The summed E-state index contributed by atoms with van der Waals surface area (Å²) in [5.74, 6) is 5.04. The van der Waals surface area contributed by atoms with Crippen molar-refractivity contribution in [3.8, 4) is 0 Å². The number of benzene rings is 2. The van der Waals surface area contributed by atoms with Gasteiger partial charge in [-0.3, -0.25) is 5.84 Å². The van der Waals surface area contributed by atoms with Gasteiger partial charge < -0.3 is 0 Å². The third kappa shape index (κ3) is 3.15. The van der Waals surface area contributed by atoms with Crippen molar-refractivity contribution in [2.75, 3.05) is 0 Å². The molecule has 0 aliphatic carbocycles. The Kier molecular flexibility index (Phi) is 4.06. The molecule has 0 saturated carbocycles. The first kappa shape index (κ1) is 14.5. The first-order valence-corrected chi connectivity index (χ1v) is 5.80. The zero-order valence-electron chi connectivity index (χ0n) is 10.3. The Morgan fingerprint density at radius 3 is 1.70 bits per heavy atom. The minimum absolute atomic E-state index is 0.392. The van der Waals surface area contributed by atoms with Crippen LogP contribution in [0.25, 0.3) is 0 Å². The summed E-state index contributed by atoms with van der Waals surface area (Å²) < 4.78 is 50.3. The van der Waals surface area contributed by atoms with Crippen LogP contribution in [0.4, 0.5) is 17.6 Å². The van der Waals surface area contributed by atoms with Gasteiger partial charge in [0.2, 0.25) is 0 Å². The normalized spacial score (nSPS) is 13.2. The molecule has 6 heteroatoms. The number of halogens is 4. The molecule has 0 radical (unpaired) electrons. The summed E-state index contributed by atoms with van der Waals surface area (Å²) in [6, 6.07) is 9.75. The first-order chi connectivity index (χ1) is 9.41. The SMILES string of the molecule is NNC(c1ccc(F)cc1)c1ccc(C(F)(F)F)cc1. The summed E-state index contributed by atoms with van der Waals surface area (Å²) in [6.07, 6.45) is -4.37. The molecule has 2 aromatic rings. The van der Waals surface area contributed by atoms with Crippen LogP contribution in [0.1, 0.15) is 22.7 Å². The summed E-state index contributed by atoms with van der Waals surface area (Å²) in [4.78, 5) is 0. The van der Waals surface area contributed by atoms with Crippen LogP contribution in [0.2, 0.25) is 0 Å². The van der Waals surface area contributed by atoms with Crippen LogP contribution in [-0.2, 0) is 6.18 Å². The van der Waals surface area contributed by atoms with Crippen molar-refractivity contribution >= 4 is 0 Å². The summed E-state index contributed by atoms with van der Waals surface area (Å²) in [5.41, 5.74) is 3.01. The van der Waals surface area contributed by atoms with Gasteiger partial charge in [-0.15, -0.1) is 0 Å². The zero-order valence-corrected chi connectivity index (χ0v) is 10.3. The lowest BCUT2D eigenvalue weighted by atomic mass is 9.98. The van der Waals surface area contributed by atoms with Gasteiger partial charge in [-0.2, -0.15) is 13.2 Å². The number of nitrogens with two attached hydrogens (primary N) is 1. The molecule has 3 N–H and O–H groups in total. The molecule has 0 amide bonds. The molecule has 0 aromatic heterocycles. The maximum Gasteiger partial charge on any atom is 0.416 e. The topological polar surface area (TPSA) is 38.0 Å². The molecule has 1 atom stereocenters. The molecule has 0 aliphatic rings. The molecule has 1 unspecified atom stereocenters. The second kappa shape index (κ2) is 5.60. The zero-order chi connectivity index (χ0) is 14.8. The summed E-state index contributed by atoms with van der Waals surface area (Å²) in [7, 11) is 0. The Balaban J connectivity index is 2.30. The molecule has 2 aromatic carbocycles. The Morgan fingerprint density at radius 1 is 0.850 bits per heavy atom. The molecule has 0 saturated heterocycles. The first-order valence-electron chi connectivity index (χ1n) is 5.80. The standard InChI is InChI=1S/C14H12F4N2/c15-12-7-3-10(4-8-12)13(20-19)9-1-5-11(6-2-9)14(16,17)18/h1-8,13,20H,19H2. The van der Waals surface area contributed by atoms with E-state index in [0.29, 0.717) is 11.1 Å². The van der Waals surface area contributed by atoms with E-state index in [4.69, 9.17) is 5.84 Å². The van der Waals surface area contributed by atoms with Gasteiger partial charge in [0.1, 0.15) is 5.82 Å². The fraction of sp³-hybridized carbons (Fsp3) is 0.143. The van der Waals surface area contributed by atoms with Crippen molar-refractivity contribution in [2.45, 2.75) is 12.2 Å². The number of nitrogens with one attached hydrogen (secondary N) is 1. The van der Waals surface area contributed by atoms with Gasteiger partial charge in [0.15, 0.2) is 0 Å². The summed E-state index contributed by atoms with van der Waals surface area (Å²) in [6.45, 7) is 0. The largest absolute Gasteiger partial charge is 0.416 e. The predicted molar refractivity (Wildman–Crippen MR) is 67.0 cm³/mol. The van der Waals surface area contributed by atoms with Gasteiger partial charge in [0.25, 0.3) is 0 Å². The average Bonchev–Trinajstić information content (AvgIpc) is 2.41. The van der Waals surface area contributed by atoms with E-state index in [0.717, 1.165) is 12.1 Å². The Hall–Kier alpha value is -1.92. The van der Waals surface area contributed by atoms with E-state index in [-0.39, 0.29) is 0 Å². The van der Waals surface area contributed by atoms with Gasteiger partial charge in [0, 0.05) is 0 Å². The highest BCUT2D eigenvalue weighted by atomic mass is 19.4. The molecule has 2 rings (SSSR count). The molecule has 2 nitrogen and oxygen atoms in total. The highest BCUT2D eigenvalue weighted by Gasteiger charge is 2.30. The van der Waals surface area contributed by atoms with Crippen LogP contribution >= 0.6 is 0 Å². The lowest BCUT2D eigenvalue weighted by molar-refractivity contribution is -0.137. The Labute approximate surface area is 113 Å². The van der Waals surface area contributed by atoms with Crippen molar-refractivity contribution in [1.82, 2.24) is 5.43 Å². The van der Waals surface area contributed by atoms with Crippen molar-refractivity contribution in [3.63, 3.8) is 0 Å². The van der Waals surface area contributed by atoms with Gasteiger partial charge in [-0.25, -0.2) is 9.82 Å². The van der Waals surface area contributed by atoms with Crippen LogP contribution in [0, 0.1) is 5.82 Å². The Bertz CT molecular complexity index is 561. The Morgan fingerprint density at radius 2 is 1.30 bits per heavy atom. The third-order valence-electron chi connectivity index (χ3n) is 2.94. The summed E-state index contributed by atoms with van der Waals surface area (Å²) in [5, 5.41) is 0. The van der Waals surface area contributed by atoms with Crippen molar-refractivity contribution in [3.05, 3.63) is 71.0 Å². The number of rotatable bonds is 3. The average molecular weight is 284 g/mol. The maximum atomic E-state index is 12.9. The predicted octanol–water partition coefficient (Wildman–Crippen LogP) is 3.40. The number of hydrogen-bond acceptors (Lipinski definition) is 2. The van der Waals surface area contributed by atoms with Gasteiger partial charge in [-0.05, 0) is 35.4 Å². The van der Waals surface area contributed by atoms with E-state index in [1.807, 2.05) is 0 Å². The molecule has 106 valence electrons. The minimum Gasteiger partial charge on any atom is -0.271 e. The van der Waals surface area contributed by atoms with E-state index >= 15 is 0 Å². The highest BCUT2D eigenvalue weighted by Crippen LogP contribution is 2.30. The van der Waals surface area contributed by atoms with Crippen LogP contribution in [0.15, 0.2) is 48.5 Å². The second-order valence-corrected chi connectivity index (χ2v) is 4.27. The minimum atomic E-state index is -4.37. The van der Waals surface area contributed by atoms with Crippen molar-refractivity contribution in [1.29, 1.82) is 0 Å². The highest BCUT2D eigenvalue weighted by molar-refractivity contribution is 5.34. The van der Waals surface area contributed by atoms with E-state index in [1.54, 1.807) is 0 Å². The van der Waals surface area contributed by atoms with Crippen LogP contribution in [-0.4, -0.2) is 0 Å². The molecule has 20 heavy (non-hydrogen) atoms.